The monoisotopic (exact) mass is 263 g/mol. The predicted molar refractivity (Wildman–Crippen MR) is 79.9 cm³/mol. The normalized spacial score (nSPS) is 15.8. The van der Waals surface area contributed by atoms with E-state index in [1.807, 2.05) is 19.1 Å². The van der Waals surface area contributed by atoms with Gasteiger partial charge in [-0.3, -0.25) is 0 Å². The number of pyridine rings is 1. The summed E-state index contributed by atoms with van der Waals surface area (Å²) >= 11 is 5.05. The third-order valence-corrected chi connectivity index (χ3v) is 3.84. The summed E-state index contributed by atoms with van der Waals surface area (Å²) in [6.07, 6.45) is 6.76. The number of nitrogens with two attached hydrogens (primary N) is 1. The highest BCUT2D eigenvalue weighted by Gasteiger charge is 2.14. The Hall–Kier alpha value is -1.16. The van der Waals surface area contributed by atoms with Gasteiger partial charge in [0.1, 0.15) is 10.8 Å². The lowest BCUT2D eigenvalue weighted by molar-refractivity contribution is 0.518. The zero-order valence-corrected chi connectivity index (χ0v) is 11.7. The van der Waals surface area contributed by atoms with E-state index in [-0.39, 0.29) is 0 Å². The van der Waals surface area contributed by atoms with E-state index >= 15 is 0 Å². The lowest BCUT2D eigenvalue weighted by Gasteiger charge is -2.13. The summed E-state index contributed by atoms with van der Waals surface area (Å²) < 4.78 is 0. The van der Waals surface area contributed by atoms with Crippen LogP contribution in [0.3, 0.4) is 0 Å². The minimum Gasteiger partial charge on any atom is -0.389 e. The molecule has 0 radical (unpaired) electrons. The Morgan fingerprint density at radius 3 is 2.83 bits per heavy atom. The molecule has 1 saturated carbocycles. The van der Waals surface area contributed by atoms with Crippen molar-refractivity contribution in [1.29, 1.82) is 0 Å². The summed E-state index contributed by atoms with van der Waals surface area (Å²) in [5.41, 5.74) is 7.54. The van der Waals surface area contributed by atoms with Crippen LogP contribution in [-0.4, -0.2) is 16.5 Å². The second-order valence-electron chi connectivity index (χ2n) is 5.08. The fourth-order valence-electron chi connectivity index (χ4n) is 2.58. The Balaban J connectivity index is 1.94. The van der Waals surface area contributed by atoms with E-state index in [1.165, 1.54) is 32.1 Å². The molecule has 0 unspecified atom stereocenters. The quantitative estimate of drug-likeness (QED) is 0.802. The molecule has 0 spiro atoms. The van der Waals surface area contributed by atoms with Crippen molar-refractivity contribution in [2.75, 3.05) is 11.9 Å². The van der Waals surface area contributed by atoms with E-state index in [9.17, 15) is 0 Å². The topological polar surface area (TPSA) is 50.9 Å². The second kappa shape index (κ2) is 6.14. The number of nitrogens with one attached hydrogen (secondary N) is 1. The van der Waals surface area contributed by atoms with E-state index in [4.69, 9.17) is 18.0 Å². The van der Waals surface area contributed by atoms with Crippen LogP contribution in [0.15, 0.2) is 12.1 Å². The zero-order chi connectivity index (χ0) is 13.0. The minimum absolute atomic E-state index is 0.408. The molecule has 1 fully saturated rings. The van der Waals surface area contributed by atoms with Crippen molar-refractivity contribution >= 4 is 23.0 Å². The molecule has 0 bridgehead atoms. The molecule has 2 rings (SSSR count). The second-order valence-corrected chi connectivity index (χ2v) is 5.52. The molecule has 0 saturated heterocycles. The van der Waals surface area contributed by atoms with Crippen LogP contribution in [0.1, 0.15) is 43.4 Å². The van der Waals surface area contributed by atoms with Gasteiger partial charge in [0.2, 0.25) is 0 Å². The molecular weight excluding hydrogens is 242 g/mol. The molecule has 1 aliphatic rings. The van der Waals surface area contributed by atoms with Gasteiger partial charge in [-0.2, -0.15) is 0 Å². The molecule has 0 atom stereocenters. The smallest absolute Gasteiger partial charge is 0.136 e. The largest absolute Gasteiger partial charge is 0.389 e. The summed E-state index contributed by atoms with van der Waals surface area (Å²) in [5, 5.41) is 3.38. The van der Waals surface area contributed by atoms with Gasteiger partial charge in [0, 0.05) is 12.2 Å². The summed E-state index contributed by atoms with van der Waals surface area (Å²) in [5.74, 6) is 1.72. The van der Waals surface area contributed by atoms with Gasteiger partial charge in [-0.1, -0.05) is 37.9 Å². The van der Waals surface area contributed by atoms with Crippen LogP contribution < -0.4 is 11.1 Å². The number of rotatable bonds is 5. The molecule has 1 heterocycles. The van der Waals surface area contributed by atoms with E-state index in [0.717, 1.165) is 29.5 Å². The fraction of sp³-hybridized carbons (Fsp3) is 0.571. The van der Waals surface area contributed by atoms with E-state index in [0.29, 0.717) is 4.99 Å². The first-order valence-electron chi connectivity index (χ1n) is 6.68. The third-order valence-electron chi connectivity index (χ3n) is 3.62. The average molecular weight is 263 g/mol. The summed E-state index contributed by atoms with van der Waals surface area (Å²) in [6, 6.07) is 3.89. The number of thiocarbonyl (C=S) groups is 1. The molecule has 1 aliphatic carbocycles. The summed E-state index contributed by atoms with van der Waals surface area (Å²) in [7, 11) is 0. The fourth-order valence-corrected chi connectivity index (χ4v) is 2.75. The van der Waals surface area contributed by atoms with Crippen LogP contribution in [-0.2, 0) is 0 Å². The van der Waals surface area contributed by atoms with Crippen molar-refractivity contribution in [1.82, 2.24) is 4.98 Å². The van der Waals surface area contributed by atoms with Crippen molar-refractivity contribution in [3.05, 3.63) is 23.4 Å². The molecule has 3 N–H and O–H groups in total. The average Bonchev–Trinajstić information content (AvgIpc) is 2.82. The van der Waals surface area contributed by atoms with Gasteiger partial charge in [-0.25, -0.2) is 4.98 Å². The maximum Gasteiger partial charge on any atom is 0.136 e. The molecule has 18 heavy (non-hydrogen) atoms. The highest BCUT2D eigenvalue weighted by atomic mass is 32.1. The standard InChI is InChI=1S/C14H21N3S/c1-10-6-7-12(13(15)18)14(17-10)16-9-8-11-4-2-3-5-11/h6-7,11H,2-5,8-9H2,1H3,(H2,15,18)(H,16,17). The first kappa shape index (κ1) is 13.3. The van der Waals surface area contributed by atoms with Gasteiger partial charge in [0.15, 0.2) is 0 Å². The first-order valence-corrected chi connectivity index (χ1v) is 7.09. The van der Waals surface area contributed by atoms with E-state index in [1.54, 1.807) is 0 Å². The maximum atomic E-state index is 5.71. The first-order chi connectivity index (χ1) is 8.66. The Bertz CT molecular complexity index is 425. The van der Waals surface area contributed by atoms with Crippen LogP contribution >= 0.6 is 12.2 Å². The Labute approximate surface area is 114 Å². The van der Waals surface area contributed by atoms with Crippen LogP contribution in [0, 0.1) is 12.8 Å². The molecule has 0 amide bonds. The van der Waals surface area contributed by atoms with Crippen molar-refractivity contribution in [3.63, 3.8) is 0 Å². The number of anilines is 1. The molecule has 1 aromatic heterocycles. The van der Waals surface area contributed by atoms with E-state index in [2.05, 4.69) is 10.3 Å². The predicted octanol–water partition coefficient (Wildman–Crippen LogP) is 3.02. The third kappa shape index (κ3) is 3.42. The van der Waals surface area contributed by atoms with Crippen molar-refractivity contribution < 1.29 is 0 Å². The highest BCUT2D eigenvalue weighted by molar-refractivity contribution is 7.80. The van der Waals surface area contributed by atoms with Crippen LogP contribution in [0.4, 0.5) is 5.82 Å². The maximum absolute atomic E-state index is 5.71. The molecule has 0 aliphatic heterocycles. The molecule has 0 aromatic carbocycles. The van der Waals surface area contributed by atoms with Gasteiger partial charge in [0.25, 0.3) is 0 Å². The lowest BCUT2D eigenvalue weighted by Crippen LogP contribution is -2.16. The highest BCUT2D eigenvalue weighted by Crippen LogP contribution is 2.27. The summed E-state index contributed by atoms with van der Waals surface area (Å²) in [4.78, 5) is 4.89. The number of nitrogens with zero attached hydrogens (tertiary/aromatic N) is 1. The SMILES string of the molecule is Cc1ccc(C(N)=S)c(NCCC2CCCC2)n1. The zero-order valence-electron chi connectivity index (χ0n) is 10.9. The van der Waals surface area contributed by atoms with Gasteiger partial charge in [-0.05, 0) is 31.4 Å². The van der Waals surface area contributed by atoms with E-state index < -0.39 is 0 Å². The van der Waals surface area contributed by atoms with Crippen LogP contribution in [0.2, 0.25) is 0 Å². The molecule has 1 aromatic rings. The molecule has 3 nitrogen and oxygen atoms in total. The minimum atomic E-state index is 0.408. The Morgan fingerprint density at radius 2 is 2.17 bits per heavy atom. The Morgan fingerprint density at radius 1 is 1.44 bits per heavy atom. The number of hydrogen-bond acceptors (Lipinski definition) is 3. The van der Waals surface area contributed by atoms with Gasteiger partial charge in [0.05, 0.1) is 5.56 Å². The molecule has 4 heteroatoms. The molecular formula is C14H21N3S. The van der Waals surface area contributed by atoms with Crippen LogP contribution in [0.25, 0.3) is 0 Å². The number of hydrogen-bond donors (Lipinski definition) is 2. The van der Waals surface area contributed by atoms with Crippen molar-refractivity contribution in [3.8, 4) is 0 Å². The van der Waals surface area contributed by atoms with Crippen molar-refractivity contribution in [2.24, 2.45) is 11.7 Å². The van der Waals surface area contributed by atoms with Crippen molar-refractivity contribution in [2.45, 2.75) is 39.0 Å². The summed E-state index contributed by atoms with van der Waals surface area (Å²) in [6.45, 7) is 2.93. The van der Waals surface area contributed by atoms with Gasteiger partial charge < -0.3 is 11.1 Å². The molecule has 98 valence electrons. The van der Waals surface area contributed by atoms with Gasteiger partial charge in [-0.15, -0.1) is 0 Å². The number of aryl methyl sites for hydroxylation is 1. The van der Waals surface area contributed by atoms with Crippen LogP contribution in [0.5, 0.6) is 0 Å². The Kier molecular flexibility index (Phi) is 4.53. The number of aromatic nitrogens is 1. The lowest BCUT2D eigenvalue weighted by atomic mass is 10.0. The van der Waals surface area contributed by atoms with Gasteiger partial charge >= 0.3 is 0 Å².